The van der Waals surface area contributed by atoms with Crippen molar-refractivity contribution >= 4 is 26.0 Å². The van der Waals surface area contributed by atoms with Gasteiger partial charge in [-0.2, -0.15) is 4.31 Å². The molecule has 0 fully saturated rings. The number of hydrogen-bond acceptors (Lipinski definition) is 3. The average Bonchev–Trinajstić information content (AvgIpc) is 2.78. The minimum absolute atomic E-state index is 0.214. The molecule has 0 amide bonds. The van der Waals surface area contributed by atoms with E-state index in [0.29, 0.717) is 5.76 Å². The molecular weight excluding hydrogens is 342 g/mol. The molecule has 0 radical (unpaired) electrons. The topological polar surface area (TPSA) is 50.5 Å². The lowest BCUT2D eigenvalue weighted by Crippen LogP contribution is -2.26. The van der Waals surface area contributed by atoms with Gasteiger partial charge in [-0.05, 0) is 49.7 Å². The highest BCUT2D eigenvalue weighted by Crippen LogP contribution is 2.23. The second kappa shape index (κ2) is 5.71. The van der Waals surface area contributed by atoms with Gasteiger partial charge in [0.15, 0.2) is 0 Å². The number of furan rings is 1. The predicted molar refractivity (Wildman–Crippen MR) is 81.0 cm³/mol. The van der Waals surface area contributed by atoms with E-state index in [1.165, 1.54) is 4.31 Å². The van der Waals surface area contributed by atoms with Crippen LogP contribution in [0.25, 0.3) is 0 Å². The molecule has 1 heterocycles. The molecule has 2 aromatic rings. The summed E-state index contributed by atoms with van der Waals surface area (Å²) < 4.78 is 32.5. The van der Waals surface area contributed by atoms with Crippen LogP contribution in [0.4, 0.5) is 0 Å². The van der Waals surface area contributed by atoms with Gasteiger partial charge in [0.2, 0.25) is 10.0 Å². The van der Waals surface area contributed by atoms with Crippen LogP contribution in [0.2, 0.25) is 0 Å². The first-order valence-corrected chi connectivity index (χ1v) is 8.32. The monoisotopic (exact) mass is 357 g/mol. The summed E-state index contributed by atoms with van der Waals surface area (Å²) in [7, 11) is -1.97. The Kier molecular flexibility index (Phi) is 4.36. The third-order valence-electron chi connectivity index (χ3n) is 3.01. The molecule has 0 aliphatic carbocycles. The van der Waals surface area contributed by atoms with Crippen LogP contribution >= 0.6 is 15.9 Å². The summed E-state index contributed by atoms with van der Waals surface area (Å²) in [5.74, 6) is 1.40. The molecule has 0 atom stereocenters. The molecule has 0 spiro atoms. The van der Waals surface area contributed by atoms with Crippen molar-refractivity contribution in [3.8, 4) is 0 Å². The van der Waals surface area contributed by atoms with Gasteiger partial charge in [-0.15, -0.1) is 0 Å². The average molecular weight is 358 g/mol. The number of halogens is 1. The highest BCUT2D eigenvalue weighted by Gasteiger charge is 2.22. The number of benzene rings is 1. The van der Waals surface area contributed by atoms with Gasteiger partial charge in [0, 0.05) is 11.5 Å². The third-order valence-corrected chi connectivity index (χ3v) is 5.70. The second-order valence-corrected chi connectivity index (χ2v) is 7.58. The molecule has 2 rings (SSSR count). The van der Waals surface area contributed by atoms with E-state index in [2.05, 4.69) is 15.9 Å². The second-order valence-electron chi connectivity index (χ2n) is 4.68. The zero-order valence-corrected chi connectivity index (χ0v) is 14.0. The summed E-state index contributed by atoms with van der Waals surface area (Å²) in [5.41, 5.74) is 0.883. The Morgan fingerprint density at radius 3 is 2.45 bits per heavy atom. The first-order valence-electron chi connectivity index (χ1n) is 6.08. The summed E-state index contributed by atoms with van der Waals surface area (Å²) in [6.45, 7) is 3.90. The maximum Gasteiger partial charge on any atom is 0.243 e. The first kappa shape index (κ1) is 15.3. The lowest BCUT2D eigenvalue weighted by Gasteiger charge is -2.16. The molecule has 0 aliphatic heterocycles. The third kappa shape index (κ3) is 3.13. The van der Waals surface area contributed by atoms with Crippen LogP contribution in [0.15, 0.2) is 44.1 Å². The molecule has 0 unspecified atom stereocenters. The summed E-state index contributed by atoms with van der Waals surface area (Å²) in [5, 5.41) is 0. The van der Waals surface area contributed by atoms with Gasteiger partial charge in [-0.25, -0.2) is 8.42 Å². The SMILES string of the molecule is Cc1ccc(CN(C)S(=O)(=O)c2ccc(Br)c(C)c2)o1. The maximum atomic E-state index is 12.5. The molecule has 20 heavy (non-hydrogen) atoms. The van der Waals surface area contributed by atoms with E-state index in [1.807, 2.05) is 19.9 Å². The van der Waals surface area contributed by atoms with Crippen LogP contribution in [0.3, 0.4) is 0 Å². The summed E-state index contributed by atoms with van der Waals surface area (Å²) in [4.78, 5) is 0.281. The van der Waals surface area contributed by atoms with Crippen LogP contribution < -0.4 is 0 Å². The minimum Gasteiger partial charge on any atom is -0.465 e. The van der Waals surface area contributed by atoms with Crippen LogP contribution in [0.1, 0.15) is 17.1 Å². The van der Waals surface area contributed by atoms with Crippen molar-refractivity contribution in [1.82, 2.24) is 4.31 Å². The van der Waals surface area contributed by atoms with Gasteiger partial charge < -0.3 is 4.42 Å². The molecule has 4 nitrogen and oxygen atoms in total. The molecule has 0 saturated heterocycles. The van der Waals surface area contributed by atoms with E-state index in [4.69, 9.17) is 4.42 Å². The van der Waals surface area contributed by atoms with Crippen molar-refractivity contribution in [2.45, 2.75) is 25.3 Å². The molecular formula is C14H16BrNO3S. The Bertz CT molecular complexity index is 722. The number of sulfonamides is 1. The molecule has 0 saturated carbocycles. The number of hydrogen-bond donors (Lipinski definition) is 0. The Labute approximate surface area is 127 Å². The van der Waals surface area contributed by atoms with E-state index in [0.717, 1.165) is 15.8 Å². The van der Waals surface area contributed by atoms with Crippen LogP contribution in [0.5, 0.6) is 0 Å². The van der Waals surface area contributed by atoms with Gasteiger partial charge in [0.25, 0.3) is 0 Å². The van der Waals surface area contributed by atoms with Crippen molar-refractivity contribution < 1.29 is 12.8 Å². The van der Waals surface area contributed by atoms with E-state index in [1.54, 1.807) is 31.3 Å². The van der Waals surface area contributed by atoms with Crippen molar-refractivity contribution in [1.29, 1.82) is 0 Å². The largest absolute Gasteiger partial charge is 0.465 e. The smallest absolute Gasteiger partial charge is 0.243 e. The Morgan fingerprint density at radius 2 is 1.90 bits per heavy atom. The fourth-order valence-corrected chi connectivity index (χ4v) is 3.30. The highest BCUT2D eigenvalue weighted by atomic mass is 79.9. The molecule has 1 aromatic heterocycles. The highest BCUT2D eigenvalue weighted by molar-refractivity contribution is 9.10. The van der Waals surface area contributed by atoms with Crippen molar-refractivity contribution in [2.75, 3.05) is 7.05 Å². The van der Waals surface area contributed by atoms with Crippen molar-refractivity contribution in [3.63, 3.8) is 0 Å². The van der Waals surface area contributed by atoms with E-state index in [-0.39, 0.29) is 11.4 Å². The zero-order chi connectivity index (χ0) is 14.9. The van der Waals surface area contributed by atoms with Crippen LogP contribution in [0, 0.1) is 13.8 Å². The minimum atomic E-state index is -3.51. The van der Waals surface area contributed by atoms with Gasteiger partial charge >= 0.3 is 0 Å². The van der Waals surface area contributed by atoms with Gasteiger partial charge in [0.1, 0.15) is 11.5 Å². The zero-order valence-electron chi connectivity index (χ0n) is 11.6. The van der Waals surface area contributed by atoms with Gasteiger partial charge in [-0.3, -0.25) is 0 Å². The summed E-state index contributed by atoms with van der Waals surface area (Å²) >= 11 is 3.37. The van der Waals surface area contributed by atoms with Crippen molar-refractivity contribution in [2.24, 2.45) is 0 Å². The molecule has 0 N–H and O–H groups in total. The van der Waals surface area contributed by atoms with E-state index >= 15 is 0 Å². The number of nitrogens with zero attached hydrogens (tertiary/aromatic N) is 1. The van der Waals surface area contributed by atoms with Crippen molar-refractivity contribution in [3.05, 3.63) is 51.9 Å². The fourth-order valence-electron chi connectivity index (χ4n) is 1.83. The fraction of sp³-hybridized carbons (Fsp3) is 0.286. The summed E-state index contributed by atoms with van der Waals surface area (Å²) in [6, 6.07) is 8.60. The van der Waals surface area contributed by atoms with E-state index < -0.39 is 10.0 Å². The van der Waals surface area contributed by atoms with Crippen LogP contribution in [-0.2, 0) is 16.6 Å². The molecule has 0 aliphatic rings. The molecule has 6 heteroatoms. The molecule has 1 aromatic carbocycles. The lowest BCUT2D eigenvalue weighted by molar-refractivity contribution is 0.397. The lowest BCUT2D eigenvalue weighted by atomic mass is 10.2. The predicted octanol–water partition coefficient (Wildman–Crippen LogP) is 3.48. The van der Waals surface area contributed by atoms with E-state index in [9.17, 15) is 8.42 Å². The summed E-state index contributed by atoms with van der Waals surface area (Å²) in [6.07, 6.45) is 0. The molecule has 108 valence electrons. The van der Waals surface area contributed by atoms with Gasteiger partial charge in [-0.1, -0.05) is 15.9 Å². The van der Waals surface area contributed by atoms with Crippen LogP contribution in [-0.4, -0.2) is 19.8 Å². The standard InChI is InChI=1S/C14H16BrNO3S/c1-10-8-13(6-7-14(10)15)20(17,18)16(3)9-12-5-4-11(2)19-12/h4-8H,9H2,1-3H3. The Balaban J connectivity index is 2.27. The number of rotatable bonds is 4. The normalized spacial score (nSPS) is 12.1. The Morgan fingerprint density at radius 1 is 1.20 bits per heavy atom. The maximum absolute atomic E-state index is 12.5. The van der Waals surface area contributed by atoms with Gasteiger partial charge in [0.05, 0.1) is 11.4 Å². The quantitative estimate of drug-likeness (QED) is 0.841. The molecule has 0 bridgehead atoms. The Hall–Kier alpha value is -1.11. The first-order chi connectivity index (χ1) is 9.30. The number of aryl methyl sites for hydroxylation is 2.